The molecule has 132 valence electrons. The third kappa shape index (κ3) is 5.80. The zero-order valence-corrected chi connectivity index (χ0v) is 15.1. The van der Waals surface area contributed by atoms with Gasteiger partial charge in [-0.25, -0.2) is 4.79 Å². The van der Waals surface area contributed by atoms with Gasteiger partial charge >= 0.3 is 5.97 Å². The lowest BCUT2D eigenvalue weighted by Crippen LogP contribution is -2.31. The van der Waals surface area contributed by atoms with E-state index in [1.54, 1.807) is 24.3 Å². The summed E-state index contributed by atoms with van der Waals surface area (Å²) in [4.78, 5) is 24.0. The Labute approximate surface area is 151 Å². The van der Waals surface area contributed by atoms with Crippen molar-refractivity contribution in [2.45, 2.75) is 26.9 Å². The van der Waals surface area contributed by atoms with Crippen LogP contribution in [-0.2, 0) is 14.3 Å². The molecule has 1 N–H and O–H groups in total. The third-order valence-electron chi connectivity index (χ3n) is 3.50. The molecule has 0 spiro atoms. The molecule has 0 aliphatic heterocycles. The second kappa shape index (κ2) is 8.53. The molecule has 5 nitrogen and oxygen atoms in total. The Morgan fingerprint density at radius 2 is 1.80 bits per heavy atom. The number of rotatable bonds is 6. The summed E-state index contributed by atoms with van der Waals surface area (Å²) in [6.07, 6.45) is -0.929. The maximum Gasteiger partial charge on any atom is 0.344 e. The van der Waals surface area contributed by atoms with Crippen LogP contribution >= 0.6 is 11.6 Å². The fourth-order valence-electron chi connectivity index (χ4n) is 2.06. The highest BCUT2D eigenvalue weighted by molar-refractivity contribution is 6.30. The number of carbonyl (C=O) groups is 2. The van der Waals surface area contributed by atoms with Gasteiger partial charge in [0.2, 0.25) is 0 Å². The maximum absolute atomic E-state index is 12.2. The highest BCUT2D eigenvalue weighted by Crippen LogP contribution is 2.17. The Kier molecular flexibility index (Phi) is 6.42. The van der Waals surface area contributed by atoms with Gasteiger partial charge in [-0.15, -0.1) is 0 Å². The van der Waals surface area contributed by atoms with Gasteiger partial charge in [0.15, 0.2) is 12.7 Å². The van der Waals surface area contributed by atoms with Crippen LogP contribution in [0, 0.1) is 13.8 Å². The van der Waals surface area contributed by atoms with Crippen molar-refractivity contribution in [1.82, 2.24) is 0 Å². The topological polar surface area (TPSA) is 64.6 Å². The van der Waals surface area contributed by atoms with Crippen molar-refractivity contribution >= 4 is 29.2 Å². The standard InChI is InChI=1S/C19H20ClNO4/c1-12-4-5-13(2)17(10-12)21-19(23)14(3)25-18(22)11-24-16-8-6-15(20)7-9-16/h4-10,14H,11H2,1-3H3,(H,21,23)/t14-/m0/s1. The first-order valence-corrected chi connectivity index (χ1v) is 8.19. The van der Waals surface area contributed by atoms with Gasteiger partial charge in [0.05, 0.1) is 0 Å². The van der Waals surface area contributed by atoms with Gasteiger partial charge in [-0.1, -0.05) is 23.7 Å². The number of amides is 1. The highest BCUT2D eigenvalue weighted by atomic mass is 35.5. The molecule has 0 unspecified atom stereocenters. The monoisotopic (exact) mass is 361 g/mol. The Morgan fingerprint density at radius 1 is 1.12 bits per heavy atom. The Balaban J connectivity index is 1.84. The predicted octanol–water partition coefficient (Wildman–Crippen LogP) is 3.91. The molecular weight excluding hydrogens is 342 g/mol. The number of hydrogen-bond donors (Lipinski definition) is 1. The fourth-order valence-corrected chi connectivity index (χ4v) is 2.19. The van der Waals surface area contributed by atoms with E-state index < -0.39 is 18.0 Å². The average Bonchev–Trinajstić information content (AvgIpc) is 2.57. The minimum atomic E-state index is -0.929. The normalized spacial score (nSPS) is 11.5. The first kappa shape index (κ1) is 18.8. The molecule has 2 rings (SSSR count). The van der Waals surface area contributed by atoms with E-state index in [9.17, 15) is 9.59 Å². The zero-order chi connectivity index (χ0) is 18.4. The second-order valence-electron chi connectivity index (χ2n) is 5.68. The number of hydrogen-bond acceptors (Lipinski definition) is 4. The highest BCUT2D eigenvalue weighted by Gasteiger charge is 2.19. The van der Waals surface area contributed by atoms with E-state index in [0.717, 1.165) is 11.1 Å². The molecule has 1 atom stereocenters. The molecule has 2 aromatic rings. The van der Waals surface area contributed by atoms with E-state index in [1.165, 1.54) is 6.92 Å². The van der Waals surface area contributed by atoms with Gasteiger partial charge < -0.3 is 14.8 Å². The van der Waals surface area contributed by atoms with Crippen LogP contribution in [0.4, 0.5) is 5.69 Å². The van der Waals surface area contributed by atoms with Gasteiger partial charge in [-0.3, -0.25) is 4.79 Å². The molecule has 0 radical (unpaired) electrons. The fraction of sp³-hybridized carbons (Fsp3) is 0.263. The molecule has 0 bridgehead atoms. The molecule has 1 amide bonds. The van der Waals surface area contributed by atoms with Crippen LogP contribution in [0.15, 0.2) is 42.5 Å². The Hall–Kier alpha value is -2.53. The number of aryl methyl sites for hydroxylation is 2. The van der Waals surface area contributed by atoms with E-state index in [1.807, 2.05) is 32.0 Å². The summed E-state index contributed by atoms with van der Waals surface area (Å²) in [5.41, 5.74) is 2.66. The molecule has 0 saturated heterocycles. The minimum absolute atomic E-state index is 0.289. The van der Waals surface area contributed by atoms with E-state index in [-0.39, 0.29) is 6.61 Å². The smallest absolute Gasteiger partial charge is 0.344 e. The van der Waals surface area contributed by atoms with Crippen LogP contribution in [-0.4, -0.2) is 24.6 Å². The predicted molar refractivity (Wildman–Crippen MR) is 97.0 cm³/mol. The van der Waals surface area contributed by atoms with Gasteiger partial charge in [0.1, 0.15) is 5.75 Å². The van der Waals surface area contributed by atoms with Gasteiger partial charge in [0, 0.05) is 10.7 Å². The molecule has 0 aliphatic carbocycles. The quantitative estimate of drug-likeness (QED) is 0.792. The number of carbonyl (C=O) groups excluding carboxylic acids is 2. The molecule has 0 heterocycles. The third-order valence-corrected chi connectivity index (χ3v) is 3.75. The van der Waals surface area contributed by atoms with Crippen molar-refractivity contribution in [2.24, 2.45) is 0 Å². The first-order chi connectivity index (χ1) is 11.8. The average molecular weight is 362 g/mol. The summed E-state index contributed by atoms with van der Waals surface area (Å²) in [6, 6.07) is 12.3. The van der Waals surface area contributed by atoms with E-state index in [0.29, 0.717) is 16.5 Å². The maximum atomic E-state index is 12.2. The molecule has 2 aromatic carbocycles. The van der Waals surface area contributed by atoms with E-state index in [2.05, 4.69) is 5.32 Å². The number of esters is 1. The van der Waals surface area contributed by atoms with Crippen LogP contribution in [0.2, 0.25) is 5.02 Å². The number of halogens is 1. The van der Waals surface area contributed by atoms with Crippen molar-refractivity contribution in [2.75, 3.05) is 11.9 Å². The van der Waals surface area contributed by atoms with Crippen molar-refractivity contribution in [3.63, 3.8) is 0 Å². The summed E-state index contributed by atoms with van der Waals surface area (Å²) in [6.45, 7) is 5.06. The first-order valence-electron chi connectivity index (χ1n) is 7.81. The molecule has 0 aliphatic rings. The SMILES string of the molecule is Cc1ccc(C)c(NC(=O)[C@H](C)OC(=O)COc2ccc(Cl)cc2)c1. The lowest BCUT2D eigenvalue weighted by Gasteiger charge is -2.15. The largest absolute Gasteiger partial charge is 0.482 e. The Bertz CT molecular complexity index is 759. The number of ether oxygens (including phenoxy) is 2. The van der Waals surface area contributed by atoms with Crippen LogP contribution in [0.3, 0.4) is 0 Å². The van der Waals surface area contributed by atoms with Gasteiger partial charge in [-0.2, -0.15) is 0 Å². The summed E-state index contributed by atoms with van der Waals surface area (Å²) >= 11 is 5.77. The van der Waals surface area contributed by atoms with Crippen LogP contribution in [0.25, 0.3) is 0 Å². The molecule has 0 saturated carbocycles. The van der Waals surface area contributed by atoms with Crippen LogP contribution in [0.1, 0.15) is 18.1 Å². The number of benzene rings is 2. The summed E-state index contributed by atoms with van der Waals surface area (Å²) in [7, 11) is 0. The summed E-state index contributed by atoms with van der Waals surface area (Å²) in [5, 5.41) is 3.34. The van der Waals surface area contributed by atoms with Crippen molar-refractivity contribution in [3.05, 3.63) is 58.6 Å². The van der Waals surface area contributed by atoms with Crippen LogP contribution < -0.4 is 10.1 Å². The van der Waals surface area contributed by atoms with E-state index >= 15 is 0 Å². The zero-order valence-electron chi connectivity index (χ0n) is 14.3. The molecule has 0 aromatic heterocycles. The molecule has 6 heteroatoms. The van der Waals surface area contributed by atoms with Crippen molar-refractivity contribution < 1.29 is 19.1 Å². The molecular formula is C19H20ClNO4. The summed E-state index contributed by atoms with van der Waals surface area (Å²) in [5.74, 6) is -0.527. The summed E-state index contributed by atoms with van der Waals surface area (Å²) < 4.78 is 10.4. The van der Waals surface area contributed by atoms with Crippen molar-refractivity contribution in [3.8, 4) is 5.75 Å². The Morgan fingerprint density at radius 3 is 2.48 bits per heavy atom. The second-order valence-corrected chi connectivity index (χ2v) is 6.12. The van der Waals surface area contributed by atoms with E-state index in [4.69, 9.17) is 21.1 Å². The number of nitrogens with one attached hydrogen (secondary N) is 1. The van der Waals surface area contributed by atoms with Crippen molar-refractivity contribution in [1.29, 1.82) is 0 Å². The number of anilines is 1. The molecule has 25 heavy (non-hydrogen) atoms. The molecule has 0 fully saturated rings. The van der Waals surface area contributed by atoms with Crippen LogP contribution in [0.5, 0.6) is 5.75 Å². The minimum Gasteiger partial charge on any atom is -0.482 e. The lowest BCUT2D eigenvalue weighted by molar-refractivity contribution is -0.155. The van der Waals surface area contributed by atoms with Gasteiger partial charge in [0.25, 0.3) is 5.91 Å². The lowest BCUT2D eigenvalue weighted by atomic mass is 10.1. The van der Waals surface area contributed by atoms with Gasteiger partial charge in [-0.05, 0) is 62.2 Å².